The maximum absolute atomic E-state index is 11.9. The number of nitrogens with zero attached hydrogens (tertiary/aromatic N) is 3. The Hall–Kier alpha value is -3.71. The second-order valence-corrected chi connectivity index (χ2v) is 8.04. The number of primary amides is 1. The number of ether oxygens (including phenoxy) is 1. The van der Waals surface area contributed by atoms with Gasteiger partial charge in [-0.1, -0.05) is 36.4 Å². The number of aromatic nitrogens is 3. The van der Waals surface area contributed by atoms with Gasteiger partial charge in [0, 0.05) is 41.6 Å². The van der Waals surface area contributed by atoms with Crippen LogP contribution in [0.4, 0.5) is 5.82 Å². The van der Waals surface area contributed by atoms with Crippen molar-refractivity contribution in [3.63, 3.8) is 0 Å². The van der Waals surface area contributed by atoms with Gasteiger partial charge in [0.25, 0.3) is 0 Å². The van der Waals surface area contributed by atoms with Crippen molar-refractivity contribution in [3.05, 3.63) is 83.2 Å². The lowest BCUT2D eigenvalue weighted by atomic mass is 10.1. The number of fused-ring (bicyclic) bond motifs is 1. The third kappa shape index (κ3) is 3.71. The van der Waals surface area contributed by atoms with Gasteiger partial charge in [-0.15, -0.1) is 0 Å². The molecule has 0 spiro atoms. The molecule has 0 radical (unpaired) electrons. The Morgan fingerprint density at radius 3 is 2.81 bits per heavy atom. The molecule has 5 rings (SSSR count). The molecule has 1 unspecified atom stereocenters. The Kier molecular flexibility index (Phi) is 5.33. The molecule has 3 N–H and O–H groups in total. The van der Waals surface area contributed by atoms with E-state index in [1.165, 1.54) is 5.56 Å². The first-order valence-electron chi connectivity index (χ1n) is 10.8. The number of hydrogen-bond donors (Lipinski definition) is 2. The Labute approximate surface area is 186 Å². The molecule has 0 saturated carbocycles. The molecule has 1 aliphatic heterocycles. The first kappa shape index (κ1) is 20.2. The highest BCUT2D eigenvalue weighted by atomic mass is 16.5. The Bertz CT molecular complexity index is 1280. The number of nitrogens with two attached hydrogens (primary N) is 1. The lowest BCUT2D eigenvalue weighted by Crippen LogP contribution is -2.12. The van der Waals surface area contributed by atoms with E-state index in [0.717, 1.165) is 47.4 Å². The Morgan fingerprint density at radius 1 is 1.22 bits per heavy atom. The first-order chi connectivity index (χ1) is 15.6. The first-order valence-corrected chi connectivity index (χ1v) is 10.8. The quantitative estimate of drug-likeness (QED) is 0.479. The highest BCUT2D eigenvalue weighted by Crippen LogP contribution is 2.33. The van der Waals surface area contributed by atoms with Crippen molar-refractivity contribution in [1.82, 2.24) is 14.5 Å². The van der Waals surface area contributed by atoms with Crippen molar-refractivity contribution in [2.45, 2.75) is 32.4 Å². The number of rotatable bonds is 6. The summed E-state index contributed by atoms with van der Waals surface area (Å²) in [5.74, 6) is 0.849. The molecule has 2 aromatic heterocycles. The van der Waals surface area contributed by atoms with Gasteiger partial charge in [-0.25, -0.2) is 4.98 Å². The number of nitrogens with one attached hydrogen (secondary N) is 1. The molecule has 1 saturated heterocycles. The average Bonchev–Trinajstić information content (AvgIpc) is 3.45. The van der Waals surface area contributed by atoms with E-state index in [0.29, 0.717) is 18.1 Å². The summed E-state index contributed by atoms with van der Waals surface area (Å²) < 4.78 is 7.87. The van der Waals surface area contributed by atoms with Crippen LogP contribution < -0.4 is 11.1 Å². The molecule has 7 nitrogen and oxygen atoms in total. The van der Waals surface area contributed by atoms with E-state index >= 15 is 0 Å². The molecule has 0 bridgehead atoms. The molecular formula is C25H25N5O2. The third-order valence-corrected chi connectivity index (χ3v) is 5.88. The molecule has 1 atom stereocenters. The van der Waals surface area contributed by atoms with Gasteiger partial charge in [-0.2, -0.15) is 4.98 Å². The number of amides is 1. The highest BCUT2D eigenvalue weighted by Gasteiger charge is 2.23. The van der Waals surface area contributed by atoms with Gasteiger partial charge in [0.2, 0.25) is 11.9 Å². The molecule has 32 heavy (non-hydrogen) atoms. The van der Waals surface area contributed by atoms with Gasteiger partial charge >= 0.3 is 0 Å². The van der Waals surface area contributed by atoms with Crippen LogP contribution in [0.2, 0.25) is 0 Å². The highest BCUT2D eigenvalue weighted by molar-refractivity contribution is 6.06. The van der Waals surface area contributed by atoms with E-state index in [4.69, 9.17) is 15.5 Å². The van der Waals surface area contributed by atoms with Crippen molar-refractivity contribution < 1.29 is 9.53 Å². The van der Waals surface area contributed by atoms with Crippen LogP contribution in [0.3, 0.4) is 0 Å². The van der Waals surface area contributed by atoms with E-state index in [1.807, 2.05) is 54.1 Å². The number of carbonyl (C=O) groups excluding carboxylic acids is 1. The molecule has 162 valence electrons. The maximum Gasteiger partial charge on any atom is 0.249 e. The fraction of sp³-hybridized carbons (Fsp3) is 0.240. The topological polar surface area (TPSA) is 95.1 Å². The summed E-state index contributed by atoms with van der Waals surface area (Å²) in [6.07, 6.45) is 3.83. The number of carbonyl (C=O) groups is 1. The lowest BCUT2D eigenvalue weighted by molar-refractivity contribution is 0.100. The van der Waals surface area contributed by atoms with E-state index in [-0.39, 0.29) is 6.10 Å². The molecular weight excluding hydrogens is 402 g/mol. The van der Waals surface area contributed by atoms with Gasteiger partial charge in [-0.05, 0) is 43.5 Å². The second-order valence-electron chi connectivity index (χ2n) is 8.04. The van der Waals surface area contributed by atoms with Gasteiger partial charge in [0.15, 0.2) is 0 Å². The van der Waals surface area contributed by atoms with Gasteiger partial charge < -0.3 is 15.8 Å². The SMILES string of the molecule is Cc1cc2c(C(N)=O)cccc2n1-c1ncc(C2CCCO2)c(NCc2ccccc2)n1. The minimum absolute atomic E-state index is 0.00806. The van der Waals surface area contributed by atoms with Crippen molar-refractivity contribution in [2.75, 3.05) is 11.9 Å². The Balaban J connectivity index is 1.58. The lowest BCUT2D eigenvalue weighted by Gasteiger charge is -2.17. The second kappa shape index (κ2) is 8.43. The van der Waals surface area contributed by atoms with Crippen LogP contribution in [0.1, 0.15) is 46.1 Å². The summed E-state index contributed by atoms with van der Waals surface area (Å²) in [4.78, 5) is 21.5. The molecule has 3 heterocycles. The number of benzene rings is 2. The normalized spacial score (nSPS) is 15.8. The average molecular weight is 428 g/mol. The predicted molar refractivity (Wildman–Crippen MR) is 124 cm³/mol. The largest absolute Gasteiger partial charge is 0.373 e. The number of anilines is 1. The van der Waals surface area contributed by atoms with Crippen molar-refractivity contribution in [2.24, 2.45) is 5.73 Å². The fourth-order valence-corrected chi connectivity index (χ4v) is 4.31. The minimum Gasteiger partial charge on any atom is -0.373 e. The summed E-state index contributed by atoms with van der Waals surface area (Å²) in [5, 5.41) is 4.28. The van der Waals surface area contributed by atoms with E-state index < -0.39 is 5.91 Å². The number of hydrogen-bond acceptors (Lipinski definition) is 5. The van der Waals surface area contributed by atoms with Crippen LogP contribution in [0.25, 0.3) is 16.9 Å². The molecule has 4 aromatic rings. The molecule has 7 heteroatoms. The van der Waals surface area contributed by atoms with Crippen LogP contribution >= 0.6 is 0 Å². The zero-order valence-electron chi connectivity index (χ0n) is 17.9. The summed E-state index contributed by atoms with van der Waals surface area (Å²) in [6.45, 7) is 3.37. The predicted octanol–water partition coefficient (Wildman–Crippen LogP) is 4.29. The third-order valence-electron chi connectivity index (χ3n) is 5.88. The van der Waals surface area contributed by atoms with Crippen molar-refractivity contribution in [3.8, 4) is 5.95 Å². The minimum atomic E-state index is -0.451. The van der Waals surface area contributed by atoms with E-state index in [9.17, 15) is 4.79 Å². The zero-order valence-corrected chi connectivity index (χ0v) is 17.9. The Morgan fingerprint density at radius 2 is 2.06 bits per heavy atom. The van der Waals surface area contributed by atoms with Gasteiger partial charge in [0.1, 0.15) is 5.82 Å². The molecule has 2 aromatic carbocycles. The van der Waals surface area contributed by atoms with Gasteiger partial charge in [-0.3, -0.25) is 9.36 Å². The van der Waals surface area contributed by atoms with E-state index in [1.54, 1.807) is 6.07 Å². The molecule has 1 amide bonds. The van der Waals surface area contributed by atoms with Crippen molar-refractivity contribution >= 4 is 22.6 Å². The van der Waals surface area contributed by atoms with E-state index in [2.05, 4.69) is 22.4 Å². The van der Waals surface area contributed by atoms with Crippen LogP contribution in [0, 0.1) is 6.92 Å². The van der Waals surface area contributed by atoms with Crippen LogP contribution in [0.5, 0.6) is 0 Å². The number of aryl methyl sites for hydroxylation is 1. The molecule has 0 aliphatic carbocycles. The van der Waals surface area contributed by atoms with Crippen LogP contribution in [-0.2, 0) is 11.3 Å². The summed E-state index contributed by atoms with van der Waals surface area (Å²) in [6, 6.07) is 17.7. The smallest absolute Gasteiger partial charge is 0.249 e. The summed E-state index contributed by atoms with van der Waals surface area (Å²) in [7, 11) is 0. The fourth-order valence-electron chi connectivity index (χ4n) is 4.31. The molecule has 1 aliphatic rings. The zero-order chi connectivity index (χ0) is 22.1. The maximum atomic E-state index is 11.9. The standard InChI is InChI=1S/C25H25N5O2/c1-16-13-19-18(23(26)31)9-5-10-21(19)30(16)25-28-15-20(22-11-6-12-32-22)24(29-25)27-14-17-7-3-2-4-8-17/h2-5,7-10,13,15,22H,6,11-12,14H2,1H3,(H2,26,31)(H,27,28,29). The van der Waals surface area contributed by atoms with Gasteiger partial charge in [0.05, 0.1) is 11.6 Å². The van der Waals surface area contributed by atoms with Crippen molar-refractivity contribution in [1.29, 1.82) is 0 Å². The van der Waals surface area contributed by atoms with Crippen LogP contribution in [-0.4, -0.2) is 27.0 Å². The summed E-state index contributed by atoms with van der Waals surface area (Å²) >= 11 is 0. The van der Waals surface area contributed by atoms with Crippen LogP contribution in [0.15, 0.2) is 60.8 Å². The monoisotopic (exact) mass is 427 g/mol. The summed E-state index contributed by atoms with van der Waals surface area (Å²) in [5.41, 5.74) is 9.97. The molecule has 1 fully saturated rings.